The second kappa shape index (κ2) is 11.7. The number of carbonyl (C=O) groups excluding carboxylic acids is 3. The molecule has 2 aromatic carbocycles. The van der Waals surface area contributed by atoms with E-state index in [4.69, 9.17) is 9.47 Å². The van der Waals surface area contributed by atoms with Gasteiger partial charge in [0.2, 0.25) is 0 Å². The van der Waals surface area contributed by atoms with Gasteiger partial charge < -0.3 is 24.2 Å². The van der Waals surface area contributed by atoms with Crippen LogP contribution in [-0.4, -0.2) is 82.6 Å². The van der Waals surface area contributed by atoms with Crippen molar-refractivity contribution >= 4 is 45.2 Å². The summed E-state index contributed by atoms with van der Waals surface area (Å²) in [5.41, 5.74) is 3.44. The summed E-state index contributed by atoms with van der Waals surface area (Å²) in [6.45, 7) is 8.62. The molecular formula is C30H34N4O5S. The Kier molecular flexibility index (Phi) is 8.07. The summed E-state index contributed by atoms with van der Waals surface area (Å²) < 4.78 is 11.9. The van der Waals surface area contributed by atoms with Gasteiger partial charge in [0.1, 0.15) is 12.2 Å². The molecule has 0 unspecified atom stereocenters. The minimum atomic E-state index is -0.518. The Hall–Kier alpha value is -3.92. The van der Waals surface area contributed by atoms with E-state index in [1.54, 1.807) is 14.7 Å². The number of thiazole rings is 1. The Morgan fingerprint density at radius 1 is 0.900 bits per heavy atom. The van der Waals surface area contributed by atoms with Crippen LogP contribution in [0.2, 0.25) is 0 Å². The highest BCUT2D eigenvalue weighted by atomic mass is 32.1. The average Bonchev–Trinajstić information content (AvgIpc) is 3.39. The molecule has 0 atom stereocenters. The lowest BCUT2D eigenvalue weighted by molar-refractivity contribution is 0.0270. The molecule has 5 rings (SSSR count). The van der Waals surface area contributed by atoms with Gasteiger partial charge in [-0.15, -0.1) is 11.3 Å². The predicted molar refractivity (Wildman–Crippen MR) is 154 cm³/mol. The number of hydrogen-bond acceptors (Lipinski definition) is 7. The Morgan fingerprint density at radius 3 is 2.30 bits per heavy atom. The molecule has 210 valence electrons. The Labute approximate surface area is 238 Å². The van der Waals surface area contributed by atoms with Gasteiger partial charge in [-0.2, -0.15) is 0 Å². The van der Waals surface area contributed by atoms with Gasteiger partial charge in [-0.3, -0.25) is 4.79 Å². The van der Waals surface area contributed by atoms with Crippen LogP contribution in [0.1, 0.15) is 48.1 Å². The summed E-state index contributed by atoms with van der Waals surface area (Å²) in [6.07, 6.45) is 2.13. The van der Waals surface area contributed by atoms with Gasteiger partial charge in [0, 0.05) is 39.3 Å². The zero-order chi connectivity index (χ0) is 28.3. The first-order valence-corrected chi connectivity index (χ1v) is 14.3. The van der Waals surface area contributed by atoms with Gasteiger partial charge in [-0.1, -0.05) is 42.5 Å². The maximum Gasteiger partial charge on any atom is 0.410 e. The number of benzene rings is 2. The number of hydrogen-bond donors (Lipinski definition) is 0. The van der Waals surface area contributed by atoms with Crippen LogP contribution in [0.5, 0.6) is 0 Å². The van der Waals surface area contributed by atoms with Gasteiger partial charge in [0.15, 0.2) is 5.01 Å². The third kappa shape index (κ3) is 6.62. The number of rotatable bonds is 4. The quantitative estimate of drug-likeness (QED) is 0.422. The van der Waals surface area contributed by atoms with Crippen molar-refractivity contribution in [2.75, 3.05) is 39.3 Å². The maximum absolute atomic E-state index is 13.2. The third-order valence-electron chi connectivity index (χ3n) is 6.83. The molecule has 40 heavy (non-hydrogen) atoms. The molecule has 1 fully saturated rings. The monoisotopic (exact) mass is 562 g/mol. The molecule has 10 heteroatoms. The van der Waals surface area contributed by atoms with Crippen molar-refractivity contribution in [2.24, 2.45) is 0 Å². The molecule has 3 heterocycles. The lowest BCUT2D eigenvalue weighted by Crippen LogP contribution is -2.50. The normalized spacial score (nSPS) is 16.1. The third-order valence-corrected chi connectivity index (χ3v) is 7.84. The summed E-state index contributed by atoms with van der Waals surface area (Å²) in [4.78, 5) is 47.7. The van der Waals surface area contributed by atoms with Crippen LogP contribution >= 0.6 is 11.3 Å². The van der Waals surface area contributed by atoms with Gasteiger partial charge in [0.25, 0.3) is 5.91 Å². The smallest absolute Gasteiger partial charge is 0.410 e. The highest BCUT2D eigenvalue weighted by Gasteiger charge is 2.28. The van der Waals surface area contributed by atoms with E-state index < -0.39 is 5.60 Å². The second-order valence-corrected chi connectivity index (χ2v) is 12.0. The molecule has 1 saturated heterocycles. The van der Waals surface area contributed by atoms with Crippen LogP contribution in [0.25, 0.3) is 15.8 Å². The zero-order valence-corrected chi connectivity index (χ0v) is 23.9. The first kappa shape index (κ1) is 27.6. The molecular weight excluding hydrogens is 528 g/mol. The topological polar surface area (TPSA) is 92.3 Å². The highest BCUT2D eigenvalue weighted by molar-refractivity contribution is 7.20. The van der Waals surface area contributed by atoms with E-state index in [0.717, 1.165) is 27.8 Å². The first-order valence-electron chi connectivity index (χ1n) is 13.5. The number of aromatic nitrogens is 1. The maximum atomic E-state index is 13.2. The number of fused-ring (bicyclic) bond motifs is 1. The molecule has 0 saturated carbocycles. The number of amides is 3. The minimum Gasteiger partial charge on any atom is -0.445 e. The standard InChI is InChI=1S/C30H34N4O5S/c1-30(2,3)39-29(37)33-13-11-22(12-14-33)23-9-10-24-25(19-23)40-26(31-24)27(35)32-15-17-34(18-16-32)28(36)38-20-21-7-5-4-6-8-21/h4-11,19H,12-18,20H2,1-3H3. The van der Waals surface area contributed by atoms with Crippen LogP contribution in [0.3, 0.4) is 0 Å². The molecule has 2 aliphatic heterocycles. The molecule has 0 bridgehead atoms. The van der Waals surface area contributed by atoms with Gasteiger partial charge >= 0.3 is 12.2 Å². The van der Waals surface area contributed by atoms with E-state index in [9.17, 15) is 14.4 Å². The fourth-order valence-electron chi connectivity index (χ4n) is 4.68. The van der Waals surface area contributed by atoms with E-state index >= 15 is 0 Å². The average molecular weight is 563 g/mol. The summed E-state index contributed by atoms with van der Waals surface area (Å²) in [5.74, 6) is -0.120. The Morgan fingerprint density at radius 2 is 1.62 bits per heavy atom. The molecule has 0 radical (unpaired) electrons. The highest BCUT2D eigenvalue weighted by Crippen LogP contribution is 2.30. The molecule has 2 aliphatic rings. The molecule has 3 amide bonds. The Balaban J connectivity index is 1.16. The molecule has 1 aromatic heterocycles. The van der Waals surface area contributed by atoms with Crippen LogP contribution in [-0.2, 0) is 16.1 Å². The molecule has 0 spiro atoms. The van der Waals surface area contributed by atoms with E-state index in [1.165, 1.54) is 16.9 Å². The van der Waals surface area contributed by atoms with Gasteiger partial charge in [-0.25, -0.2) is 14.6 Å². The lowest BCUT2D eigenvalue weighted by atomic mass is 9.99. The largest absolute Gasteiger partial charge is 0.445 e. The van der Waals surface area contributed by atoms with Gasteiger partial charge in [0.05, 0.1) is 10.2 Å². The summed E-state index contributed by atoms with van der Waals surface area (Å²) >= 11 is 1.38. The summed E-state index contributed by atoms with van der Waals surface area (Å²) in [6, 6.07) is 15.6. The minimum absolute atomic E-state index is 0.120. The summed E-state index contributed by atoms with van der Waals surface area (Å²) in [7, 11) is 0. The molecule has 9 nitrogen and oxygen atoms in total. The predicted octanol–water partition coefficient (Wildman–Crippen LogP) is 5.42. The van der Waals surface area contributed by atoms with Crippen LogP contribution in [0.4, 0.5) is 9.59 Å². The molecule has 3 aromatic rings. The van der Waals surface area contributed by atoms with Gasteiger partial charge in [-0.05, 0) is 56.0 Å². The van der Waals surface area contributed by atoms with Crippen molar-refractivity contribution in [3.8, 4) is 0 Å². The van der Waals surface area contributed by atoms with Crippen molar-refractivity contribution < 1.29 is 23.9 Å². The second-order valence-electron chi connectivity index (χ2n) is 10.9. The van der Waals surface area contributed by atoms with Crippen LogP contribution in [0, 0.1) is 0 Å². The molecule has 0 N–H and O–H groups in total. The van der Waals surface area contributed by atoms with E-state index in [0.29, 0.717) is 44.3 Å². The fourth-order valence-corrected chi connectivity index (χ4v) is 5.65. The van der Waals surface area contributed by atoms with E-state index in [2.05, 4.69) is 17.1 Å². The van der Waals surface area contributed by atoms with Crippen LogP contribution in [0.15, 0.2) is 54.6 Å². The lowest BCUT2D eigenvalue weighted by Gasteiger charge is -2.33. The number of ether oxygens (including phenoxy) is 2. The van der Waals surface area contributed by atoms with Crippen molar-refractivity contribution in [1.29, 1.82) is 0 Å². The number of piperazine rings is 1. The SMILES string of the molecule is CC(C)(C)OC(=O)N1CC=C(c2ccc3nc(C(=O)N4CCN(C(=O)OCc5ccccc5)CC4)sc3c2)CC1. The number of nitrogens with zero attached hydrogens (tertiary/aromatic N) is 4. The zero-order valence-electron chi connectivity index (χ0n) is 23.1. The fraction of sp³-hybridized carbons (Fsp3) is 0.400. The van der Waals surface area contributed by atoms with E-state index in [-0.39, 0.29) is 24.7 Å². The van der Waals surface area contributed by atoms with Crippen molar-refractivity contribution in [2.45, 2.75) is 39.4 Å². The molecule has 0 aliphatic carbocycles. The van der Waals surface area contributed by atoms with E-state index in [1.807, 2.05) is 63.2 Å². The first-order chi connectivity index (χ1) is 19.2. The van der Waals surface area contributed by atoms with Crippen molar-refractivity contribution in [3.63, 3.8) is 0 Å². The Bertz CT molecular complexity index is 1420. The van der Waals surface area contributed by atoms with Crippen molar-refractivity contribution in [1.82, 2.24) is 19.7 Å². The van der Waals surface area contributed by atoms with Crippen LogP contribution < -0.4 is 0 Å². The summed E-state index contributed by atoms with van der Waals surface area (Å²) in [5, 5.41) is 0.445. The number of carbonyl (C=O) groups is 3. The van der Waals surface area contributed by atoms with Crippen molar-refractivity contribution in [3.05, 3.63) is 70.7 Å².